The smallest absolute Gasteiger partial charge is 0.264 e. The number of benzene rings is 1. The van der Waals surface area contributed by atoms with E-state index in [4.69, 9.17) is 21.2 Å². The summed E-state index contributed by atoms with van der Waals surface area (Å²) < 4.78 is 4.83. The van der Waals surface area contributed by atoms with E-state index in [1.54, 1.807) is 19.2 Å². The third kappa shape index (κ3) is 5.50. The van der Waals surface area contributed by atoms with E-state index in [0.717, 1.165) is 5.56 Å². The van der Waals surface area contributed by atoms with Crippen molar-refractivity contribution in [3.8, 4) is 0 Å². The minimum Gasteiger partial charge on any atom is -0.383 e. The predicted octanol–water partition coefficient (Wildman–Crippen LogP) is 1.10. The molecule has 7 nitrogen and oxygen atoms in total. The van der Waals surface area contributed by atoms with E-state index >= 15 is 0 Å². The summed E-state index contributed by atoms with van der Waals surface area (Å²) in [7, 11) is 1.56. The van der Waals surface area contributed by atoms with Gasteiger partial charge in [0.2, 0.25) is 12.0 Å². The van der Waals surface area contributed by atoms with E-state index in [1.807, 2.05) is 12.1 Å². The molecule has 0 unspecified atom stereocenters. The summed E-state index contributed by atoms with van der Waals surface area (Å²) in [5, 5.41) is 9.94. The number of rotatable bonds is 8. The van der Waals surface area contributed by atoms with Gasteiger partial charge in [0.1, 0.15) is 0 Å². The van der Waals surface area contributed by atoms with Crippen LogP contribution in [0.1, 0.15) is 18.4 Å². The van der Waals surface area contributed by atoms with E-state index in [9.17, 15) is 9.59 Å². The highest BCUT2D eigenvalue weighted by Gasteiger charge is 2.28. The molecule has 0 saturated heterocycles. The highest BCUT2D eigenvalue weighted by Crippen LogP contribution is 2.18. The Kier molecular flexibility index (Phi) is 7.02. The Balaban J connectivity index is 1.69. The second kappa shape index (κ2) is 9.24. The maximum atomic E-state index is 12.0. The van der Waals surface area contributed by atoms with Crippen molar-refractivity contribution in [1.82, 2.24) is 10.6 Å². The average molecular weight is 354 g/mol. The first kappa shape index (κ1) is 18.2. The predicted molar refractivity (Wildman–Crippen MR) is 90.0 cm³/mol. The van der Waals surface area contributed by atoms with Crippen LogP contribution < -0.4 is 10.6 Å². The lowest BCUT2D eigenvalue weighted by molar-refractivity contribution is -0.131. The summed E-state index contributed by atoms with van der Waals surface area (Å²) in [5.41, 5.74) is 1.57. The number of carbonyl (C=O) groups excluding carboxylic acids is 2. The van der Waals surface area contributed by atoms with Crippen molar-refractivity contribution in [1.29, 1.82) is 0 Å². The van der Waals surface area contributed by atoms with Gasteiger partial charge in [-0.2, -0.15) is 0 Å². The van der Waals surface area contributed by atoms with Gasteiger partial charge in [0.05, 0.1) is 12.3 Å². The molecule has 2 N–H and O–H groups in total. The largest absolute Gasteiger partial charge is 0.383 e. The average Bonchev–Trinajstić information content (AvgIpc) is 3.06. The Bertz CT molecular complexity index is 604. The molecule has 0 radical (unpaired) electrons. The molecule has 0 aromatic heterocycles. The number of nitrogens with one attached hydrogen (secondary N) is 2. The van der Waals surface area contributed by atoms with E-state index in [-0.39, 0.29) is 24.8 Å². The molecule has 0 spiro atoms. The second-order valence-electron chi connectivity index (χ2n) is 5.23. The van der Waals surface area contributed by atoms with Crippen LogP contribution in [0.4, 0.5) is 0 Å². The highest BCUT2D eigenvalue weighted by atomic mass is 35.5. The quantitative estimate of drug-likeness (QED) is 0.685. The molecule has 1 heterocycles. The maximum Gasteiger partial charge on any atom is 0.264 e. The fourth-order valence-corrected chi connectivity index (χ4v) is 2.25. The Morgan fingerprint density at radius 3 is 2.75 bits per heavy atom. The molecule has 1 aromatic carbocycles. The van der Waals surface area contributed by atoms with Crippen LogP contribution in [0.5, 0.6) is 0 Å². The molecule has 0 aliphatic carbocycles. The minimum atomic E-state index is -0.674. The first-order valence-corrected chi connectivity index (χ1v) is 8.00. The number of methoxy groups -OCH3 is 1. The van der Waals surface area contributed by atoms with Gasteiger partial charge in [-0.05, 0) is 17.7 Å². The van der Waals surface area contributed by atoms with Crippen LogP contribution in [0.15, 0.2) is 29.4 Å². The fraction of sp³-hybridized carbons (Fsp3) is 0.438. The molecule has 8 heteroatoms. The van der Waals surface area contributed by atoms with Crippen molar-refractivity contribution < 1.29 is 19.2 Å². The molecule has 130 valence electrons. The fourth-order valence-electron chi connectivity index (χ4n) is 2.12. The molecular weight excluding hydrogens is 334 g/mol. The van der Waals surface area contributed by atoms with Gasteiger partial charge >= 0.3 is 0 Å². The summed E-state index contributed by atoms with van der Waals surface area (Å²) >= 11 is 5.85. The van der Waals surface area contributed by atoms with Gasteiger partial charge < -0.3 is 20.2 Å². The standard InChI is InChI=1S/C16H20ClN3O4/c1-23-9-8-18-15(21)6-7-19-16(22)14-10-13(20-24-14)11-2-4-12(17)5-3-11/h2-5,14H,6-10H2,1H3,(H,18,21)(H,19,22)/t14-/m1/s1. The van der Waals surface area contributed by atoms with Gasteiger partial charge in [0.25, 0.3) is 5.91 Å². The lowest BCUT2D eigenvalue weighted by atomic mass is 10.0. The number of ether oxygens (including phenoxy) is 1. The maximum absolute atomic E-state index is 12.0. The third-order valence-electron chi connectivity index (χ3n) is 3.42. The summed E-state index contributed by atoms with van der Waals surface area (Å²) in [6.45, 7) is 1.15. The number of amides is 2. The third-order valence-corrected chi connectivity index (χ3v) is 3.67. The topological polar surface area (TPSA) is 89.0 Å². The first-order chi connectivity index (χ1) is 11.6. The van der Waals surface area contributed by atoms with Crippen molar-refractivity contribution in [2.45, 2.75) is 18.9 Å². The molecule has 0 saturated carbocycles. The van der Waals surface area contributed by atoms with E-state index < -0.39 is 6.10 Å². The first-order valence-electron chi connectivity index (χ1n) is 7.62. The van der Waals surface area contributed by atoms with Crippen LogP contribution in [0.25, 0.3) is 0 Å². The lowest BCUT2D eigenvalue weighted by Gasteiger charge is -2.09. The number of hydrogen-bond donors (Lipinski definition) is 2. The molecule has 1 atom stereocenters. The van der Waals surface area contributed by atoms with Crippen molar-refractivity contribution >= 4 is 29.1 Å². The van der Waals surface area contributed by atoms with Crippen LogP contribution in [0.2, 0.25) is 5.02 Å². The van der Waals surface area contributed by atoms with Crippen molar-refractivity contribution in [2.75, 3.05) is 26.8 Å². The van der Waals surface area contributed by atoms with E-state index in [2.05, 4.69) is 15.8 Å². The lowest BCUT2D eigenvalue weighted by Crippen LogP contribution is -2.37. The number of carbonyl (C=O) groups is 2. The van der Waals surface area contributed by atoms with Gasteiger partial charge in [-0.15, -0.1) is 0 Å². The number of nitrogens with zero attached hydrogens (tertiary/aromatic N) is 1. The van der Waals surface area contributed by atoms with Crippen LogP contribution in [-0.4, -0.2) is 50.4 Å². The summed E-state index contributed by atoms with van der Waals surface area (Å²) in [6, 6.07) is 7.17. The number of halogens is 1. The highest BCUT2D eigenvalue weighted by molar-refractivity contribution is 6.30. The Morgan fingerprint density at radius 2 is 2.04 bits per heavy atom. The van der Waals surface area contributed by atoms with E-state index in [0.29, 0.717) is 30.3 Å². The minimum absolute atomic E-state index is 0.141. The van der Waals surface area contributed by atoms with Gasteiger partial charge in [0.15, 0.2) is 0 Å². The molecule has 24 heavy (non-hydrogen) atoms. The number of oxime groups is 1. The van der Waals surface area contributed by atoms with Crippen LogP contribution in [0, 0.1) is 0 Å². The van der Waals surface area contributed by atoms with Crippen molar-refractivity contribution in [2.24, 2.45) is 5.16 Å². The molecule has 1 aliphatic rings. The molecular formula is C16H20ClN3O4. The van der Waals surface area contributed by atoms with Gasteiger partial charge in [-0.3, -0.25) is 9.59 Å². The SMILES string of the molecule is COCCNC(=O)CCNC(=O)[C@H]1CC(c2ccc(Cl)cc2)=NO1. The zero-order valence-corrected chi connectivity index (χ0v) is 14.1. The summed E-state index contributed by atoms with van der Waals surface area (Å²) in [6.07, 6.45) is -0.0900. The Morgan fingerprint density at radius 1 is 1.29 bits per heavy atom. The van der Waals surface area contributed by atoms with Crippen LogP contribution in [-0.2, 0) is 19.2 Å². The normalized spacial score (nSPS) is 16.2. The molecule has 2 rings (SSSR count). The van der Waals surface area contributed by atoms with Crippen molar-refractivity contribution in [3.63, 3.8) is 0 Å². The molecule has 1 aromatic rings. The Labute approximate surface area is 145 Å². The van der Waals surface area contributed by atoms with Gasteiger partial charge in [-0.25, -0.2) is 0 Å². The zero-order valence-electron chi connectivity index (χ0n) is 13.4. The van der Waals surface area contributed by atoms with Crippen LogP contribution >= 0.6 is 11.6 Å². The molecule has 1 aliphatic heterocycles. The van der Waals surface area contributed by atoms with Crippen molar-refractivity contribution in [3.05, 3.63) is 34.9 Å². The Hall–Kier alpha value is -2.12. The second-order valence-corrected chi connectivity index (χ2v) is 5.66. The van der Waals surface area contributed by atoms with E-state index in [1.165, 1.54) is 0 Å². The molecule has 0 bridgehead atoms. The summed E-state index contributed by atoms with van der Waals surface area (Å²) in [4.78, 5) is 28.7. The zero-order chi connectivity index (χ0) is 17.4. The molecule has 2 amide bonds. The monoisotopic (exact) mass is 353 g/mol. The van der Waals surface area contributed by atoms with Gasteiger partial charge in [0, 0.05) is 38.1 Å². The molecule has 0 fully saturated rings. The number of hydrogen-bond acceptors (Lipinski definition) is 5. The van der Waals surface area contributed by atoms with Gasteiger partial charge in [-0.1, -0.05) is 28.9 Å². The summed E-state index contributed by atoms with van der Waals surface area (Å²) in [5.74, 6) is -0.426. The van der Waals surface area contributed by atoms with Crippen LogP contribution in [0.3, 0.4) is 0 Å².